The molecule has 0 aliphatic rings. The predicted molar refractivity (Wildman–Crippen MR) is 85.4 cm³/mol. The normalized spacial score (nSPS) is 13.2. The van der Waals surface area contributed by atoms with Crippen LogP contribution in [0.15, 0.2) is 48.5 Å². The number of aromatic nitrogens is 1. The summed E-state index contributed by atoms with van der Waals surface area (Å²) >= 11 is 0.876. The highest BCUT2D eigenvalue weighted by molar-refractivity contribution is 7.22. The molecule has 3 aromatic rings. The standard InChI is InChI=1S/C16H10F6N2OS/c17-15(18,19)14(25,16(20,21)22)9-6-7-11-12(8-9)26-13(24-11)23-10-4-2-1-3-5-10/h1-8,25H,(H,23,24). The maximum Gasteiger partial charge on any atom is 0.430 e. The van der Waals surface area contributed by atoms with E-state index in [4.69, 9.17) is 0 Å². The SMILES string of the molecule is OC(c1ccc2nc(Nc3ccccc3)sc2c1)(C(F)(F)F)C(F)(F)F. The molecule has 0 unspecified atom stereocenters. The van der Waals surface area contributed by atoms with Crippen LogP contribution in [0.4, 0.5) is 37.2 Å². The van der Waals surface area contributed by atoms with Gasteiger partial charge in [0, 0.05) is 11.3 Å². The molecule has 0 aliphatic carbocycles. The highest BCUT2D eigenvalue weighted by Gasteiger charge is 2.71. The van der Waals surface area contributed by atoms with Crippen LogP contribution in [0.5, 0.6) is 0 Å². The van der Waals surface area contributed by atoms with E-state index in [0.717, 1.165) is 17.4 Å². The molecular formula is C16H10F6N2OS. The summed E-state index contributed by atoms with van der Waals surface area (Å²) in [5.41, 5.74) is -5.39. The molecule has 1 heterocycles. The minimum absolute atomic E-state index is 0.0767. The van der Waals surface area contributed by atoms with Gasteiger partial charge in [0.15, 0.2) is 5.13 Å². The molecule has 0 radical (unpaired) electrons. The Balaban J connectivity index is 2.04. The van der Waals surface area contributed by atoms with Crippen LogP contribution in [0.3, 0.4) is 0 Å². The highest BCUT2D eigenvalue weighted by atomic mass is 32.1. The number of para-hydroxylation sites is 1. The van der Waals surface area contributed by atoms with Gasteiger partial charge in [0.2, 0.25) is 0 Å². The molecule has 1 aromatic heterocycles. The van der Waals surface area contributed by atoms with Gasteiger partial charge in [-0.1, -0.05) is 35.6 Å². The Kier molecular flexibility index (Phi) is 4.35. The van der Waals surface area contributed by atoms with Gasteiger partial charge in [-0.15, -0.1) is 0 Å². The average Bonchev–Trinajstić information content (AvgIpc) is 2.94. The lowest BCUT2D eigenvalue weighted by Gasteiger charge is -2.32. The topological polar surface area (TPSA) is 45.2 Å². The molecule has 0 aliphatic heterocycles. The second kappa shape index (κ2) is 6.13. The van der Waals surface area contributed by atoms with Crippen molar-refractivity contribution in [3.05, 3.63) is 54.1 Å². The summed E-state index contributed by atoms with van der Waals surface area (Å²) < 4.78 is 78.0. The number of halogens is 6. The largest absolute Gasteiger partial charge is 0.430 e. The van der Waals surface area contributed by atoms with Gasteiger partial charge in [-0.25, -0.2) is 4.98 Å². The quantitative estimate of drug-likeness (QED) is 0.591. The molecule has 3 rings (SSSR count). The van der Waals surface area contributed by atoms with Gasteiger partial charge < -0.3 is 10.4 Å². The summed E-state index contributed by atoms with van der Waals surface area (Å²) in [6.45, 7) is 0. The fourth-order valence-corrected chi connectivity index (χ4v) is 3.26. The number of benzene rings is 2. The fourth-order valence-electron chi connectivity index (χ4n) is 2.34. The molecule has 0 spiro atoms. The van der Waals surface area contributed by atoms with Gasteiger partial charge in [0.1, 0.15) is 0 Å². The lowest BCUT2D eigenvalue weighted by molar-refractivity contribution is -0.376. The number of anilines is 2. The molecule has 10 heteroatoms. The first-order chi connectivity index (χ1) is 12.0. The van der Waals surface area contributed by atoms with E-state index < -0.39 is 23.5 Å². The molecule has 0 saturated heterocycles. The van der Waals surface area contributed by atoms with Crippen molar-refractivity contribution in [2.75, 3.05) is 5.32 Å². The van der Waals surface area contributed by atoms with E-state index in [1.807, 2.05) is 0 Å². The zero-order chi connectivity index (χ0) is 19.2. The fraction of sp³-hybridized carbons (Fsp3) is 0.188. The van der Waals surface area contributed by atoms with Gasteiger partial charge >= 0.3 is 12.4 Å². The third kappa shape index (κ3) is 3.10. The molecule has 2 aromatic carbocycles. The van der Waals surface area contributed by atoms with Crippen LogP contribution >= 0.6 is 11.3 Å². The molecule has 3 nitrogen and oxygen atoms in total. The van der Waals surface area contributed by atoms with Crippen LogP contribution in [-0.2, 0) is 5.60 Å². The zero-order valence-corrected chi connectivity index (χ0v) is 13.5. The Labute approximate surface area is 146 Å². The summed E-state index contributed by atoms with van der Waals surface area (Å²) in [5, 5.41) is 12.7. The number of nitrogens with one attached hydrogen (secondary N) is 1. The number of thiazole rings is 1. The second-order valence-corrected chi connectivity index (χ2v) is 6.43. The van der Waals surface area contributed by atoms with Crippen molar-refractivity contribution in [2.45, 2.75) is 18.0 Å². The maximum absolute atomic E-state index is 13.0. The van der Waals surface area contributed by atoms with Crippen LogP contribution in [0, 0.1) is 0 Å². The van der Waals surface area contributed by atoms with Crippen molar-refractivity contribution in [3.8, 4) is 0 Å². The zero-order valence-electron chi connectivity index (χ0n) is 12.7. The van der Waals surface area contributed by atoms with E-state index in [0.29, 0.717) is 23.0 Å². The molecule has 2 N–H and O–H groups in total. The summed E-state index contributed by atoms with van der Waals surface area (Å²) in [5.74, 6) is 0. The molecule has 0 fully saturated rings. The van der Waals surface area contributed by atoms with Crippen molar-refractivity contribution >= 4 is 32.4 Å². The average molecular weight is 392 g/mol. The van der Waals surface area contributed by atoms with Crippen molar-refractivity contribution < 1.29 is 31.4 Å². The number of hydrogen-bond acceptors (Lipinski definition) is 4. The van der Waals surface area contributed by atoms with E-state index >= 15 is 0 Å². The van der Waals surface area contributed by atoms with Gasteiger partial charge in [-0.3, -0.25) is 0 Å². The summed E-state index contributed by atoms with van der Waals surface area (Å²) in [4.78, 5) is 4.12. The maximum atomic E-state index is 13.0. The number of nitrogens with zero attached hydrogens (tertiary/aromatic N) is 1. The molecule has 26 heavy (non-hydrogen) atoms. The number of hydrogen-bond donors (Lipinski definition) is 2. The van der Waals surface area contributed by atoms with E-state index in [-0.39, 0.29) is 10.2 Å². The van der Waals surface area contributed by atoms with Crippen LogP contribution in [0.1, 0.15) is 5.56 Å². The number of fused-ring (bicyclic) bond motifs is 1. The molecular weight excluding hydrogens is 382 g/mol. The van der Waals surface area contributed by atoms with Crippen molar-refractivity contribution in [1.82, 2.24) is 4.98 Å². The number of rotatable bonds is 3. The van der Waals surface area contributed by atoms with E-state index in [9.17, 15) is 31.4 Å². The summed E-state index contributed by atoms with van der Waals surface area (Å²) in [6, 6.07) is 11.0. The molecule has 0 bridgehead atoms. The van der Waals surface area contributed by atoms with Crippen molar-refractivity contribution in [2.24, 2.45) is 0 Å². The second-order valence-electron chi connectivity index (χ2n) is 5.40. The smallest absolute Gasteiger partial charge is 0.369 e. The van der Waals surface area contributed by atoms with Crippen molar-refractivity contribution in [3.63, 3.8) is 0 Å². The van der Waals surface area contributed by atoms with E-state index in [1.165, 1.54) is 0 Å². The van der Waals surface area contributed by atoms with Gasteiger partial charge in [0.05, 0.1) is 10.2 Å². The van der Waals surface area contributed by atoms with Crippen LogP contribution in [-0.4, -0.2) is 22.4 Å². The van der Waals surface area contributed by atoms with Crippen LogP contribution in [0.25, 0.3) is 10.2 Å². The highest BCUT2D eigenvalue weighted by Crippen LogP contribution is 2.50. The lowest BCUT2D eigenvalue weighted by Crippen LogP contribution is -2.53. The molecule has 0 amide bonds. The summed E-state index contributed by atoms with van der Waals surface area (Å²) in [7, 11) is 0. The third-order valence-electron chi connectivity index (χ3n) is 3.65. The Morgan fingerprint density at radius 3 is 2.08 bits per heavy atom. The minimum atomic E-state index is -5.92. The summed E-state index contributed by atoms with van der Waals surface area (Å²) in [6.07, 6.45) is -11.8. The Hall–Kier alpha value is -2.33. The third-order valence-corrected chi connectivity index (χ3v) is 4.59. The molecule has 138 valence electrons. The van der Waals surface area contributed by atoms with Gasteiger partial charge in [-0.2, -0.15) is 26.3 Å². The number of aliphatic hydroxyl groups is 1. The first kappa shape index (κ1) is 18.5. The van der Waals surface area contributed by atoms with E-state index in [2.05, 4.69) is 10.3 Å². The first-order valence-electron chi connectivity index (χ1n) is 7.11. The Morgan fingerprint density at radius 1 is 0.885 bits per heavy atom. The molecule has 0 atom stereocenters. The first-order valence-corrected chi connectivity index (χ1v) is 7.93. The minimum Gasteiger partial charge on any atom is -0.369 e. The lowest BCUT2D eigenvalue weighted by atomic mass is 9.92. The van der Waals surface area contributed by atoms with Gasteiger partial charge in [-0.05, 0) is 24.3 Å². The van der Waals surface area contributed by atoms with Crippen LogP contribution in [0.2, 0.25) is 0 Å². The van der Waals surface area contributed by atoms with Crippen molar-refractivity contribution in [1.29, 1.82) is 0 Å². The van der Waals surface area contributed by atoms with Crippen LogP contribution < -0.4 is 5.32 Å². The predicted octanol–water partition coefficient (Wildman–Crippen LogP) is 5.35. The Bertz CT molecular complexity index is 906. The Morgan fingerprint density at radius 2 is 1.50 bits per heavy atom. The number of alkyl halides is 6. The molecule has 0 saturated carbocycles. The van der Waals surface area contributed by atoms with E-state index in [1.54, 1.807) is 30.3 Å². The van der Waals surface area contributed by atoms with Gasteiger partial charge in [0.25, 0.3) is 5.60 Å². The monoisotopic (exact) mass is 392 g/mol.